The van der Waals surface area contributed by atoms with Crippen LogP contribution in [-0.2, 0) is 11.2 Å². The molecule has 0 radical (unpaired) electrons. The van der Waals surface area contributed by atoms with Crippen molar-refractivity contribution in [2.24, 2.45) is 0 Å². The third-order valence-corrected chi connectivity index (χ3v) is 5.27. The largest absolute Gasteiger partial charge is 0.350 e. The van der Waals surface area contributed by atoms with Crippen molar-refractivity contribution < 1.29 is 9.32 Å². The van der Waals surface area contributed by atoms with Gasteiger partial charge in [0.2, 0.25) is 17.6 Å². The molecule has 0 fully saturated rings. The van der Waals surface area contributed by atoms with Gasteiger partial charge in [-0.15, -0.1) is 0 Å². The van der Waals surface area contributed by atoms with Crippen LogP contribution in [0.2, 0.25) is 5.02 Å². The molecule has 1 atom stereocenters. The van der Waals surface area contributed by atoms with Crippen molar-refractivity contribution in [2.75, 3.05) is 0 Å². The smallest absolute Gasteiger partial charge is 0.259 e. The van der Waals surface area contributed by atoms with Gasteiger partial charge in [-0.3, -0.25) is 9.59 Å². The molecule has 1 amide bonds. The molecule has 2 N–H and O–H groups in total. The molecular weight excluding hydrogens is 416 g/mol. The first-order valence-electron chi connectivity index (χ1n) is 9.90. The molecule has 31 heavy (non-hydrogen) atoms. The molecule has 2 aromatic heterocycles. The van der Waals surface area contributed by atoms with Crippen LogP contribution in [0.1, 0.15) is 36.4 Å². The Kier molecular flexibility index (Phi) is 5.86. The van der Waals surface area contributed by atoms with Crippen LogP contribution < -0.4 is 10.9 Å². The maximum Gasteiger partial charge on any atom is 0.259 e. The molecule has 0 aliphatic carbocycles. The van der Waals surface area contributed by atoms with E-state index in [9.17, 15) is 9.59 Å². The number of fused-ring (bicyclic) bond motifs is 1. The topological polar surface area (TPSA) is 101 Å². The van der Waals surface area contributed by atoms with Gasteiger partial charge in [0.15, 0.2) is 0 Å². The minimum atomic E-state index is -0.293. The van der Waals surface area contributed by atoms with E-state index in [1.54, 1.807) is 18.2 Å². The van der Waals surface area contributed by atoms with Crippen molar-refractivity contribution >= 4 is 28.4 Å². The normalized spacial score (nSPS) is 12.1. The maximum atomic E-state index is 12.4. The number of aromatic amines is 1. The molecule has 0 spiro atoms. The fraction of sp³-hybridized carbons (Fsp3) is 0.217. The molecule has 4 rings (SSSR count). The molecule has 158 valence electrons. The highest BCUT2D eigenvalue weighted by molar-refractivity contribution is 6.30. The zero-order valence-electron chi connectivity index (χ0n) is 17.1. The SMILES string of the molecule is Cc1ccc2[nH]c(=O)c(-c3noc(CCC(=O)N[C@@H](C)c4ccc(Cl)cc4)n3)cc2c1. The van der Waals surface area contributed by atoms with E-state index in [0.717, 1.165) is 22.0 Å². The summed E-state index contributed by atoms with van der Waals surface area (Å²) in [7, 11) is 0. The number of aromatic nitrogens is 3. The molecular formula is C23H21ClN4O3. The Balaban J connectivity index is 1.42. The number of carbonyl (C=O) groups excluding carboxylic acids is 1. The monoisotopic (exact) mass is 436 g/mol. The number of H-pyrrole nitrogens is 1. The summed E-state index contributed by atoms with van der Waals surface area (Å²) < 4.78 is 5.25. The number of aryl methyl sites for hydroxylation is 2. The lowest BCUT2D eigenvalue weighted by Crippen LogP contribution is -2.26. The summed E-state index contributed by atoms with van der Waals surface area (Å²) in [5.41, 5.74) is 2.82. The summed E-state index contributed by atoms with van der Waals surface area (Å²) in [6.07, 6.45) is 0.462. The van der Waals surface area contributed by atoms with Gasteiger partial charge in [-0.1, -0.05) is 40.5 Å². The molecule has 0 unspecified atom stereocenters. The average Bonchev–Trinajstić information content (AvgIpc) is 3.21. The first-order valence-corrected chi connectivity index (χ1v) is 10.3. The predicted octanol–water partition coefficient (Wildman–Crippen LogP) is 4.35. The van der Waals surface area contributed by atoms with Gasteiger partial charge in [-0.05, 0) is 55.1 Å². The zero-order valence-corrected chi connectivity index (χ0v) is 17.9. The van der Waals surface area contributed by atoms with Gasteiger partial charge in [-0.25, -0.2) is 0 Å². The van der Waals surface area contributed by atoms with Crippen LogP contribution in [0.5, 0.6) is 0 Å². The van der Waals surface area contributed by atoms with Crippen LogP contribution in [0.4, 0.5) is 0 Å². The van der Waals surface area contributed by atoms with E-state index in [2.05, 4.69) is 20.4 Å². The number of halogens is 1. The molecule has 0 bridgehead atoms. The average molecular weight is 437 g/mol. The minimum Gasteiger partial charge on any atom is -0.350 e. The summed E-state index contributed by atoms with van der Waals surface area (Å²) in [6, 6.07) is 14.7. The van der Waals surface area contributed by atoms with Gasteiger partial charge in [0.05, 0.1) is 11.6 Å². The molecule has 4 aromatic rings. The van der Waals surface area contributed by atoms with Gasteiger partial charge in [0, 0.05) is 23.4 Å². The fourth-order valence-corrected chi connectivity index (χ4v) is 3.45. The number of hydrogen-bond donors (Lipinski definition) is 2. The Morgan fingerprint density at radius 1 is 1.19 bits per heavy atom. The fourth-order valence-electron chi connectivity index (χ4n) is 3.33. The molecule has 0 saturated heterocycles. The molecule has 2 aromatic carbocycles. The number of pyridine rings is 1. The van der Waals surface area contributed by atoms with E-state index in [1.165, 1.54) is 0 Å². The first-order chi connectivity index (χ1) is 14.9. The summed E-state index contributed by atoms with van der Waals surface area (Å²) in [5.74, 6) is 0.365. The zero-order chi connectivity index (χ0) is 22.0. The van der Waals surface area contributed by atoms with Crippen molar-refractivity contribution in [1.82, 2.24) is 20.4 Å². The lowest BCUT2D eigenvalue weighted by atomic mass is 10.1. The summed E-state index contributed by atoms with van der Waals surface area (Å²) in [4.78, 5) is 31.8. The van der Waals surface area contributed by atoms with Crippen molar-refractivity contribution in [3.63, 3.8) is 0 Å². The lowest BCUT2D eigenvalue weighted by molar-refractivity contribution is -0.121. The molecule has 0 aliphatic heterocycles. The van der Waals surface area contributed by atoms with Gasteiger partial charge < -0.3 is 14.8 Å². The van der Waals surface area contributed by atoms with Crippen LogP contribution in [0.3, 0.4) is 0 Å². The number of amides is 1. The number of rotatable bonds is 6. The highest BCUT2D eigenvalue weighted by atomic mass is 35.5. The van der Waals surface area contributed by atoms with Crippen LogP contribution in [0.25, 0.3) is 22.3 Å². The lowest BCUT2D eigenvalue weighted by Gasteiger charge is -2.14. The minimum absolute atomic E-state index is 0.138. The molecule has 2 heterocycles. The summed E-state index contributed by atoms with van der Waals surface area (Å²) in [5, 5.41) is 8.39. The maximum absolute atomic E-state index is 12.4. The second-order valence-electron chi connectivity index (χ2n) is 7.46. The van der Waals surface area contributed by atoms with E-state index in [4.69, 9.17) is 16.1 Å². The Hall–Kier alpha value is -3.45. The third-order valence-electron chi connectivity index (χ3n) is 5.02. The van der Waals surface area contributed by atoms with Gasteiger partial charge in [0.1, 0.15) is 0 Å². The summed E-state index contributed by atoms with van der Waals surface area (Å²) in [6.45, 7) is 3.88. The van der Waals surface area contributed by atoms with Gasteiger partial charge >= 0.3 is 0 Å². The Bertz CT molecular complexity index is 1290. The Labute approximate surface area is 183 Å². The number of nitrogens with one attached hydrogen (secondary N) is 2. The van der Waals surface area contributed by atoms with E-state index in [1.807, 2.05) is 44.2 Å². The van der Waals surface area contributed by atoms with E-state index in [0.29, 0.717) is 16.5 Å². The highest BCUT2D eigenvalue weighted by Gasteiger charge is 2.15. The number of nitrogens with zero attached hydrogens (tertiary/aromatic N) is 2. The molecule has 0 saturated carbocycles. The number of carbonyl (C=O) groups is 1. The Morgan fingerprint density at radius 2 is 1.97 bits per heavy atom. The third kappa shape index (κ3) is 4.83. The standard InChI is InChI=1S/C23H21ClN4O3/c1-13-3-8-19-16(11-13)12-18(23(30)26-19)22-27-21(31-28-22)10-9-20(29)25-14(2)15-4-6-17(24)7-5-15/h3-8,11-12,14H,9-10H2,1-2H3,(H,25,29)(H,26,30)/t14-/m0/s1. The summed E-state index contributed by atoms with van der Waals surface area (Å²) >= 11 is 5.90. The second kappa shape index (κ2) is 8.73. The van der Waals surface area contributed by atoms with Crippen LogP contribution >= 0.6 is 11.6 Å². The van der Waals surface area contributed by atoms with Crippen LogP contribution in [-0.4, -0.2) is 21.0 Å². The first kappa shape index (κ1) is 20.8. The molecule has 7 nitrogen and oxygen atoms in total. The van der Waals surface area contributed by atoms with Crippen molar-refractivity contribution in [1.29, 1.82) is 0 Å². The highest BCUT2D eigenvalue weighted by Crippen LogP contribution is 2.19. The van der Waals surface area contributed by atoms with Gasteiger partial charge in [-0.2, -0.15) is 4.98 Å². The van der Waals surface area contributed by atoms with Crippen molar-refractivity contribution in [2.45, 2.75) is 32.7 Å². The predicted molar refractivity (Wildman–Crippen MR) is 119 cm³/mol. The van der Waals surface area contributed by atoms with Crippen molar-refractivity contribution in [3.05, 3.63) is 80.9 Å². The number of hydrogen-bond acceptors (Lipinski definition) is 5. The van der Waals surface area contributed by atoms with E-state index < -0.39 is 0 Å². The van der Waals surface area contributed by atoms with Crippen molar-refractivity contribution in [3.8, 4) is 11.4 Å². The Morgan fingerprint density at radius 3 is 2.74 bits per heavy atom. The molecule has 8 heteroatoms. The number of benzene rings is 2. The van der Waals surface area contributed by atoms with E-state index >= 15 is 0 Å². The van der Waals surface area contributed by atoms with Gasteiger partial charge in [0.25, 0.3) is 5.56 Å². The van der Waals surface area contributed by atoms with Crippen LogP contribution in [0.15, 0.2) is 57.8 Å². The van der Waals surface area contributed by atoms with Crippen LogP contribution in [0, 0.1) is 6.92 Å². The second-order valence-corrected chi connectivity index (χ2v) is 7.89. The molecule has 0 aliphatic rings. The quantitative estimate of drug-likeness (QED) is 0.468. The van der Waals surface area contributed by atoms with E-state index in [-0.39, 0.29) is 36.2 Å².